The molecule has 0 heterocycles. The quantitative estimate of drug-likeness (QED) is 0.499. The number of rotatable bonds is 7. The summed E-state index contributed by atoms with van der Waals surface area (Å²) in [5.41, 5.74) is 2.68. The zero-order valence-corrected chi connectivity index (χ0v) is 17.7. The molecular weight excluding hydrogens is 423 g/mol. The fourth-order valence-electron chi connectivity index (χ4n) is 2.99. The molecule has 3 aromatic carbocycles. The molecule has 0 unspecified atom stereocenters. The molecule has 0 aliphatic heterocycles. The number of carbonyl (C=O) groups excluding carboxylic acids is 2. The van der Waals surface area contributed by atoms with E-state index in [0.29, 0.717) is 21.3 Å². The van der Waals surface area contributed by atoms with E-state index in [2.05, 4.69) is 10.6 Å². The first-order valence-corrected chi connectivity index (χ1v) is 9.95. The predicted molar refractivity (Wildman–Crippen MR) is 119 cm³/mol. The van der Waals surface area contributed by atoms with Gasteiger partial charge in [-0.25, -0.2) is 0 Å². The number of nitrogens with one attached hydrogen (secondary N) is 2. The lowest BCUT2D eigenvalue weighted by molar-refractivity contribution is -0.139. The number of halogens is 2. The molecule has 0 fully saturated rings. The van der Waals surface area contributed by atoms with Crippen LogP contribution in [0.15, 0.2) is 72.8 Å². The third-order valence-corrected chi connectivity index (χ3v) is 4.98. The first kappa shape index (κ1) is 21.8. The van der Waals surface area contributed by atoms with Gasteiger partial charge in [-0.15, -0.1) is 0 Å². The largest absolute Gasteiger partial charge is 0.468 e. The fraction of sp³-hybridized carbons (Fsp3) is 0.130. The van der Waals surface area contributed by atoms with Crippen molar-refractivity contribution >= 4 is 40.8 Å². The van der Waals surface area contributed by atoms with Crippen molar-refractivity contribution in [2.45, 2.75) is 6.04 Å². The zero-order valence-electron chi connectivity index (χ0n) is 16.2. The number of methoxy groups -OCH3 is 1. The predicted octanol–water partition coefficient (Wildman–Crippen LogP) is 5.10. The molecule has 1 amide bonds. The number of ether oxygens (including phenoxy) is 1. The van der Waals surface area contributed by atoms with Crippen LogP contribution in [0.1, 0.15) is 27.5 Å². The van der Waals surface area contributed by atoms with Gasteiger partial charge in [0.2, 0.25) is 0 Å². The van der Waals surface area contributed by atoms with Gasteiger partial charge < -0.3 is 10.1 Å². The average molecular weight is 443 g/mol. The average Bonchev–Trinajstić information content (AvgIpc) is 2.76. The monoisotopic (exact) mass is 442 g/mol. The van der Waals surface area contributed by atoms with E-state index in [1.165, 1.54) is 7.11 Å². The number of hydrogen-bond acceptors (Lipinski definition) is 4. The molecule has 0 aromatic heterocycles. The fourth-order valence-corrected chi connectivity index (χ4v) is 3.30. The van der Waals surface area contributed by atoms with E-state index in [1.54, 1.807) is 42.5 Å². The SMILES string of the molecule is COC(=O)CN[C@@H](c1ccccc1)c1cc(Cl)ccc1NC(=O)c1ccc(Cl)cc1. The van der Waals surface area contributed by atoms with Gasteiger partial charge in [0.25, 0.3) is 5.91 Å². The zero-order chi connectivity index (χ0) is 21.5. The Kier molecular flexibility index (Phi) is 7.46. The van der Waals surface area contributed by atoms with Crippen molar-refractivity contribution in [1.82, 2.24) is 5.32 Å². The van der Waals surface area contributed by atoms with Crippen LogP contribution in [-0.4, -0.2) is 25.5 Å². The van der Waals surface area contributed by atoms with Crippen LogP contribution >= 0.6 is 23.2 Å². The molecule has 0 aliphatic carbocycles. The second-order valence-electron chi connectivity index (χ2n) is 6.49. The Morgan fingerprint density at radius 2 is 1.60 bits per heavy atom. The molecule has 0 saturated carbocycles. The summed E-state index contributed by atoms with van der Waals surface area (Å²) in [6, 6.07) is 21.0. The van der Waals surface area contributed by atoms with Crippen LogP contribution in [0.2, 0.25) is 10.0 Å². The minimum atomic E-state index is -0.399. The van der Waals surface area contributed by atoms with Crippen molar-refractivity contribution in [3.05, 3.63) is 99.5 Å². The lowest BCUT2D eigenvalue weighted by Crippen LogP contribution is -2.30. The smallest absolute Gasteiger partial charge is 0.319 e. The van der Waals surface area contributed by atoms with Crippen LogP contribution in [0.3, 0.4) is 0 Å². The third-order valence-electron chi connectivity index (χ3n) is 4.49. The Hall–Kier alpha value is -2.86. The van der Waals surface area contributed by atoms with E-state index in [-0.39, 0.29) is 12.5 Å². The topological polar surface area (TPSA) is 67.4 Å². The summed E-state index contributed by atoms with van der Waals surface area (Å²) in [5.74, 6) is -0.681. The maximum Gasteiger partial charge on any atom is 0.319 e. The lowest BCUT2D eigenvalue weighted by atomic mass is 9.96. The number of amides is 1. The van der Waals surface area contributed by atoms with Gasteiger partial charge in [0.05, 0.1) is 19.7 Å². The molecule has 5 nitrogen and oxygen atoms in total. The Morgan fingerprint density at radius 3 is 2.27 bits per heavy atom. The van der Waals surface area contributed by atoms with E-state index in [4.69, 9.17) is 27.9 Å². The summed E-state index contributed by atoms with van der Waals surface area (Å²) in [6.45, 7) is -0.00680. The van der Waals surface area contributed by atoms with E-state index < -0.39 is 12.0 Å². The Labute approximate surface area is 185 Å². The molecule has 3 aromatic rings. The van der Waals surface area contributed by atoms with E-state index in [9.17, 15) is 9.59 Å². The first-order chi connectivity index (χ1) is 14.5. The van der Waals surface area contributed by atoms with Crippen molar-refractivity contribution < 1.29 is 14.3 Å². The van der Waals surface area contributed by atoms with Gasteiger partial charge in [-0.1, -0.05) is 53.5 Å². The van der Waals surface area contributed by atoms with Gasteiger partial charge >= 0.3 is 5.97 Å². The summed E-state index contributed by atoms with van der Waals surface area (Å²) >= 11 is 12.2. The van der Waals surface area contributed by atoms with Gasteiger partial charge in [0, 0.05) is 21.3 Å². The number of benzene rings is 3. The molecule has 2 N–H and O–H groups in total. The molecule has 30 heavy (non-hydrogen) atoms. The van der Waals surface area contributed by atoms with Crippen LogP contribution in [0.4, 0.5) is 5.69 Å². The minimum Gasteiger partial charge on any atom is -0.468 e. The minimum absolute atomic E-state index is 0.00680. The molecule has 1 atom stereocenters. The Bertz CT molecular complexity index is 1020. The Balaban J connectivity index is 1.96. The second-order valence-corrected chi connectivity index (χ2v) is 7.37. The van der Waals surface area contributed by atoms with Crippen molar-refractivity contribution in [2.24, 2.45) is 0 Å². The highest BCUT2D eigenvalue weighted by molar-refractivity contribution is 6.31. The van der Waals surface area contributed by atoms with Crippen LogP contribution in [0.5, 0.6) is 0 Å². The summed E-state index contributed by atoms with van der Waals surface area (Å²) in [6.07, 6.45) is 0. The maximum absolute atomic E-state index is 12.8. The van der Waals surface area contributed by atoms with Crippen LogP contribution in [0.25, 0.3) is 0 Å². The van der Waals surface area contributed by atoms with Crippen LogP contribution in [-0.2, 0) is 9.53 Å². The summed E-state index contributed by atoms with van der Waals surface area (Å²) in [4.78, 5) is 24.5. The third kappa shape index (κ3) is 5.60. The van der Waals surface area contributed by atoms with Crippen molar-refractivity contribution in [2.75, 3.05) is 19.0 Å². The van der Waals surface area contributed by atoms with Crippen molar-refractivity contribution in [1.29, 1.82) is 0 Å². The molecule has 3 rings (SSSR count). The summed E-state index contributed by atoms with van der Waals surface area (Å²) < 4.78 is 4.75. The van der Waals surface area contributed by atoms with Gasteiger partial charge in [-0.2, -0.15) is 0 Å². The number of esters is 1. The normalized spacial score (nSPS) is 11.6. The summed E-state index contributed by atoms with van der Waals surface area (Å²) in [7, 11) is 1.33. The van der Waals surface area contributed by atoms with Gasteiger partial charge in [0.15, 0.2) is 0 Å². The molecule has 0 radical (unpaired) electrons. The highest BCUT2D eigenvalue weighted by Gasteiger charge is 2.20. The molecule has 0 aliphatic rings. The van der Waals surface area contributed by atoms with Crippen molar-refractivity contribution in [3.8, 4) is 0 Å². The first-order valence-electron chi connectivity index (χ1n) is 9.19. The summed E-state index contributed by atoms with van der Waals surface area (Å²) in [5, 5.41) is 7.18. The Morgan fingerprint density at radius 1 is 0.933 bits per heavy atom. The van der Waals surface area contributed by atoms with Gasteiger partial charge in [-0.3, -0.25) is 14.9 Å². The molecule has 0 saturated heterocycles. The van der Waals surface area contributed by atoms with E-state index in [0.717, 1.165) is 11.1 Å². The number of carbonyl (C=O) groups is 2. The second kappa shape index (κ2) is 10.3. The van der Waals surface area contributed by atoms with Gasteiger partial charge in [0.1, 0.15) is 0 Å². The lowest BCUT2D eigenvalue weighted by Gasteiger charge is -2.23. The standard InChI is InChI=1S/C23H20Cl2N2O3/c1-30-21(28)14-26-22(15-5-3-2-4-6-15)19-13-18(25)11-12-20(19)27-23(29)16-7-9-17(24)10-8-16/h2-13,22,26H,14H2,1H3,(H,27,29)/t22-/m0/s1. The van der Waals surface area contributed by atoms with Crippen LogP contribution < -0.4 is 10.6 Å². The molecule has 0 spiro atoms. The maximum atomic E-state index is 12.8. The molecule has 154 valence electrons. The van der Waals surface area contributed by atoms with Gasteiger partial charge in [-0.05, 0) is 53.6 Å². The highest BCUT2D eigenvalue weighted by atomic mass is 35.5. The number of anilines is 1. The highest BCUT2D eigenvalue weighted by Crippen LogP contribution is 2.31. The van der Waals surface area contributed by atoms with Crippen LogP contribution in [0, 0.1) is 0 Å². The molecular formula is C23H20Cl2N2O3. The molecule has 7 heteroatoms. The van der Waals surface area contributed by atoms with E-state index in [1.807, 2.05) is 30.3 Å². The molecule has 0 bridgehead atoms. The van der Waals surface area contributed by atoms with E-state index >= 15 is 0 Å². The van der Waals surface area contributed by atoms with Crippen molar-refractivity contribution in [3.63, 3.8) is 0 Å². The number of hydrogen-bond donors (Lipinski definition) is 2.